The number of carbonyl (C=O) groups excluding carboxylic acids is 2. The van der Waals surface area contributed by atoms with Crippen molar-refractivity contribution >= 4 is 17.6 Å². The van der Waals surface area contributed by atoms with Crippen LogP contribution in [0.15, 0.2) is 54.6 Å². The second-order valence-electron chi connectivity index (χ2n) is 7.85. The number of benzene rings is 2. The van der Waals surface area contributed by atoms with Gasteiger partial charge in [0.1, 0.15) is 5.75 Å². The highest BCUT2D eigenvalue weighted by Crippen LogP contribution is 2.22. The standard InChI is InChI=1S/C23H28N4O3/c28-20-9-4-8-19(16-20)25-12-14-26(15-13-25)23(30)24-21(18-6-2-1-3-7-18)17-27-11-5-10-22(27)29/h1-4,6-9,16,21,28H,5,10-15,17H2,(H,24,30). The van der Waals surface area contributed by atoms with Gasteiger partial charge in [0.15, 0.2) is 0 Å². The highest BCUT2D eigenvalue weighted by molar-refractivity contribution is 5.78. The molecule has 2 fully saturated rings. The number of hydrogen-bond donors (Lipinski definition) is 2. The number of phenolic OH excluding ortho intramolecular Hbond substituents is 1. The van der Waals surface area contributed by atoms with Gasteiger partial charge < -0.3 is 25.1 Å². The van der Waals surface area contributed by atoms with E-state index >= 15 is 0 Å². The summed E-state index contributed by atoms with van der Waals surface area (Å²) in [6.07, 6.45) is 1.47. The molecular formula is C23H28N4O3. The van der Waals surface area contributed by atoms with E-state index in [4.69, 9.17) is 0 Å². The van der Waals surface area contributed by atoms with Gasteiger partial charge in [-0.1, -0.05) is 36.4 Å². The molecule has 2 heterocycles. The van der Waals surface area contributed by atoms with Crippen LogP contribution in [0.3, 0.4) is 0 Å². The van der Waals surface area contributed by atoms with E-state index in [1.807, 2.05) is 52.3 Å². The molecule has 2 aliphatic heterocycles. The van der Waals surface area contributed by atoms with E-state index in [1.165, 1.54) is 0 Å². The summed E-state index contributed by atoms with van der Waals surface area (Å²) in [5, 5.41) is 12.8. The van der Waals surface area contributed by atoms with Gasteiger partial charge >= 0.3 is 6.03 Å². The van der Waals surface area contributed by atoms with Crippen LogP contribution in [0, 0.1) is 0 Å². The van der Waals surface area contributed by atoms with Gasteiger partial charge in [-0.25, -0.2) is 4.79 Å². The molecule has 4 rings (SSSR count). The Morgan fingerprint density at radius 1 is 1.00 bits per heavy atom. The summed E-state index contributed by atoms with van der Waals surface area (Å²) in [6, 6.07) is 16.7. The molecule has 0 saturated carbocycles. The molecule has 0 bridgehead atoms. The van der Waals surface area contributed by atoms with Crippen LogP contribution in [0.1, 0.15) is 24.4 Å². The molecule has 0 spiro atoms. The van der Waals surface area contributed by atoms with Crippen LogP contribution < -0.4 is 10.2 Å². The van der Waals surface area contributed by atoms with Crippen LogP contribution in [-0.4, -0.2) is 66.1 Å². The predicted octanol–water partition coefficient (Wildman–Crippen LogP) is 2.59. The summed E-state index contributed by atoms with van der Waals surface area (Å²) < 4.78 is 0. The minimum Gasteiger partial charge on any atom is -0.508 e. The first-order valence-electron chi connectivity index (χ1n) is 10.5. The number of phenols is 1. The number of nitrogens with one attached hydrogen (secondary N) is 1. The fourth-order valence-corrected chi connectivity index (χ4v) is 4.13. The Kier molecular flexibility index (Phi) is 6.07. The molecule has 0 aromatic heterocycles. The lowest BCUT2D eigenvalue weighted by Gasteiger charge is -2.37. The Labute approximate surface area is 176 Å². The minimum absolute atomic E-state index is 0.106. The van der Waals surface area contributed by atoms with Crippen molar-refractivity contribution in [2.45, 2.75) is 18.9 Å². The number of urea groups is 1. The van der Waals surface area contributed by atoms with E-state index in [2.05, 4.69) is 10.2 Å². The first-order valence-corrected chi connectivity index (χ1v) is 10.5. The Balaban J connectivity index is 1.38. The first kappa shape index (κ1) is 20.1. The molecule has 0 radical (unpaired) electrons. The van der Waals surface area contributed by atoms with Crippen molar-refractivity contribution in [2.75, 3.05) is 44.2 Å². The molecule has 2 aromatic rings. The molecule has 7 heteroatoms. The second-order valence-corrected chi connectivity index (χ2v) is 7.85. The van der Waals surface area contributed by atoms with Gasteiger partial charge in [0.2, 0.25) is 5.91 Å². The average molecular weight is 409 g/mol. The van der Waals surface area contributed by atoms with Crippen LogP contribution in [0.25, 0.3) is 0 Å². The zero-order valence-electron chi connectivity index (χ0n) is 17.0. The maximum absolute atomic E-state index is 13.0. The van der Waals surface area contributed by atoms with Crippen LogP contribution >= 0.6 is 0 Å². The Morgan fingerprint density at radius 2 is 1.77 bits per heavy atom. The number of anilines is 1. The molecule has 7 nitrogen and oxygen atoms in total. The van der Waals surface area contributed by atoms with Gasteiger partial charge in [0, 0.05) is 57.4 Å². The average Bonchev–Trinajstić information content (AvgIpc) is 3.18. The predicted molar refractivity (Wildman–Crippen MR) is 115 cm³/mol. The van der Waals surface area contributed by atoms with Crippen molar-refractivity contribution < 1.29 is 14.7 Å². The third kappa shape index (κ3) is 4.67. The van der Waals surface area contributed by atoms with Crippen molar-refractivity contribution in [3.8, 4) is 5.75 Å². The van der Waals surface area contributed by atoms with Crippen molar-refractivity contribution in [1.29, 1.82) is 0 Å². The van der Waals surface area contributed by atoms with E-state index in [0.717, 1.165) is 24.2 Å². The molecule has 2 aromatic carbocycles. The molecule has 30 heavy (non-hydrogen) atoms. The summed E-state index contributed by atoms with van der Waals surface area (Å²) in [5.41, 5.74) is 1.97. The van der Waals surface area contributed by atoms with Crippen molar-refractivity contribution in [3.05, 3.63) is 60.2 Å². The number of likely N-dealkylation sites (tertiary alicyclic amines) is 1. The summed E-state index contributed by atoms with van der Waals surface area (Å²) in [4.78, 5) is 30.9. The molecule has 1 unspecified atom stereocenters. The van der Waals surface area contributed by atoms with Gasteiger partial charge in [0.25, 0.3) is 0 Å². The maximum atomic E-state index is 13.0. The number of aromatic hydroxyl groups is 1. The van der Waals surface area contributed by atoms with Gasteiger partial charge in [-0.3, -0.25) is 4.79 Å². The molecule has 2 N–H and O–H groups in total. The number of amides is 3. The number of rotatable bonds is 5. The van der Waals surface area contributed by atoms with E-state index < -0.39 is 0 Å². The SMILES string of the molecule is O=C1CCCN1CC(NC(=O)N1CCN(c2cccc(O)c2)CC1)c1ccccc1. The lowest BCUT2D eigenvalue weighted by atomic mass is 10.1. The van der Waals surface area contributed by atoms with Crippen molar-refractivity contribution in [3.63, 3.8) is 0 Å². The molecular weight excluding hydrogens is 380 g/mol. The normalized spacial score (nSPS) is 17.9. The van der Waals surface area contributed by atoms with Crippen LogP contribution in [0.5, 0.6) is 5.75 Å². The number of piperazine rings is 1. The molecule has 2 saturated heterocycles. The zero-order chi connectivity index (χ0) is 20.9. The second kappa shape index (κ2) is 9.07. The number of nitrogens with zero attached hydrogens (tertiary/aromatic N) is 3. The molecule has 0 aliphatic carbocycles. The van der Waals surface area contributed by atoms with Crippen molar-refractivity contribution in [1.82, 2.24) is 15.1 Å². The van der Waals surface area contributed by atoms with Crippen LogP contribution in [0.4, 0.5) is 10.5 Å². The Hall–Kier alpha value is -3.22. The molecule has 3 amide bonds. The lowest BCUT2D eigenvalue weighted by Crippen LogP contribution is -2.53. The fourth-order valence-electron chi connectivity index (χ4n) is 4.13. The minimum atomic E-state index is -0.232. The van der Waals surface area contributed by atoms with E-state index in [-0.39, 0.29) is 23.7 Å². The van der Waals surface area contributed by atoms with E-state index in [9.17, 15) is 14.7 Å². The third-order valence-corrected chi connectivity index (χ3v) is 5.84. The van der Waals surface area contributed by atoms with Gasteiger partial charge in [-0.15, -0.1) is 0 Å². The first-order chi connectivity index (χ1) is 14.6. The zero-order valence-corrected chi connectivity index (χ0v) is 17.0. The molecule has 158 valence electrons. The highest BCUT2D eigenvalue weighted by Gasteiger charge is 2.28. The maximum Gasteiger partial charge on any atom is 0.318 e. The highest BCUT2D eigenvalue weighted by atomic mass is 16.3. The lowest BCUT2D eigenvalue weighted by molar-refractivity contribution is -0.128. The van der Waals surface area contributed by atoms with Crippen LogP contribution in [-0.2, 0) is 4.79 Å². The van der Waals surface area contributed by atoms with Gasteiger partial charge in [-0.2, -0.15) is 0 Å². The molecule has 2 aliphatic rings. The summed E-state index contributed by atoms with van der Waals surface area (Å²) in [6.45, 7) is 3.87. The van der Waals surface area contributed by atoms with E-state index in [1.54, 1.807) is 12.1 Å². The van der Waals surface area contributed by atoms with Crippen molar-refractivity contribution in [2.24, 2.45) is 0 Å². The largest absolute Gasteiger partial charge is 0.508 e. The Morgan fingerprint density at radius 3 is 2.43 bits per heavy atom. The smallest absolute Gasteiger partial charge is 0.318 e. The van der Waals surface area contributed by atoms with Gasteiger partial charge in [0.05, 0.1) is 6.04 Å². The topological polar surface area (TPSA) is 76.1 Å². The monoisotopic (exact) mass is 408 g/mol. The summed E-state index contributed by atoms with van der Waals surface area (Å²) in [7, 11) is 0. The quantitative estimate of drug-likeness (QED) is 0.797. The van der Waals surface area contributed by atoms with E-state index in [0.29, 0.717) is 39.1 Å². The Bertz CT molecular complexity index is 881. The fraction of sp³-hybridized carbons (Fsp3) is 0.391. The summed E-state index contributed by atoms with van der Waals surface area (Å²) in [5.74, 6) is 0.403. The third-order valence-electron chi connectivity index (χ3n) is 5.84. The van der Waals surface area contributed by atoms with Gasteiger partial charge in [-0.05, 0) is 24.1 Å². The summed E-state index contributed by atoms with van der Waals surface area (Å²) >= 11 is 0. The number of hydrogen-bond acceptors (Lipinski definition) is 4. The molecule has 1 atom stereocenters. The number of carbonyl (C=O) groups is 2. The van der Waals surface area contributed by atoms with Crippen LogP contribution in [0.2, 0.25) is 0 Å².